The molecule has 2 atom stereocenters. The van der Waals surface area contributed by atoms with Crippen LogP contribution in [0.1, 0.15) is 102 Å². The van der Waals surface area contributed by atoms with E-state index in [1.165, 1.54) is 11.8 Å². The van der Waals surface area contributed by atoms with Crippen LogP contribution in [-0.2, 0) is 59.1 Å². The molecule has 2 amide bonds. The van der Waals surface area contributed by atoms with Crippen molar-refractivity contribution in [1.82, 2.24) is 14.8 Å². The highest BCUT2D eigenvalue weighted by atomic mass is 32.2. The third-order valence-corrected chi connectivity index (χ3v) is 12.5. The van der Waals surface area contributed by atoms with E-state index in [2.05, 4.69) is 5.32 Å². The van der Waals surface area contributed by atoms with Gasteiger partial charge >= 0.3 is 11.9 Å². The number of thioether (sulfide) groups is 1. The van der Waals surface area contributed by atoms with E-state index < -0.39 is 46.9 Å². The summed E-state index contributed by atoms with van der Waals surface area (Å²) in [6.45, 7) is 8.97. The zero-order valence-electron chi connectivity index (χ0n) is 42.4. The van der Waals surface area contributed by atoms with Gasteiger partial charge in [0.25, 0.3) is 0 Å². The van der Waals surface area contributed by atoms with E-state index in [0.717, 1.165) is 23.8 Å². The quantitative estimate of drug-likeness (QED) is 0.0435. The van der Waals surface area contributed by atoms with Gasteiger partial charge in [0.15, 0.2) is 5.78 Å². The average Bonchev–Trinajstić information content (AvgIpc) is 3.74. The van der Waals surface area contributed by atoms with Crippen LogP contribution in [0.15, 0.2) is 60.8 Å². The van der Waals surface area contributed by atoms with E-state index in [1.54, 1.807) is 17.2 Å². The van der Waals surface area contributed by atoms with Crippen molar-refractivity contribution in [1.29, 1.82) is 0 Å². The van der Waals surface area contributed by atoms with Crippen molar-refractivity contribution in [3.63, 3.8) is 0 Å². The summed E-state index contributed by atoms with van der Waals surface area (Å²) >= 11 is 1.22. The predicted molar refractivity (Wildman–Crippen MR) is 272 cm³/mol. The molecule has 2 aromatic carbocycles. The number of rotatable bonds is 40. The third-order valence-electron chi connectivity index (χ3n) is 11.4. The highest BCUT2D eigenvalue weighted by Crippen LogP contribution is 2.41. The number of nitrogens with one attached hydrogen (secondary N) is 1. The highest BCUT2D eigenvalue weighted by Gasteiger charge is 2.37. The Kier molecular flexibility index (Phi) is 29.0. The molecule has 0 unspecified atom stereocenters. The van der Waals surface area contributed by atoms with Gasteiger partial charge in [-0.15, -0.1) is 0 Å². The molecule has 0 radical (unpaired) electrons. The van der Waals surface area contributed by atoms with E-state index in [0.29, 0.717) is 76.8 Å². The molecule has 404 valence electrons. The minimum atomic E-state index is -1.08. The van der Waals surface area contributed by atoms with E-state index in [1.807, 2.05) is 55.7 Å². The molecule has 5 N–H and O–H groups in total. The first-order chi connectivity index (χ1) is 34.9. The molecule has 17 nitrogen and oxygen atoms in total. The molecule has 73 heavy (non-hydrogen) atoms. The SMILES string of the molecule is CC(C)(C)[C@H](c1cc(-c2cc(F)ccc2F)cn1Cc1ccccc1)N(CCCN)C(=O)CSC[C@H](CC(=O)CCOCCOCCOCCOCCCC(=O)CNC(=O)CCC(=O)O)C(=O)CCCC(=O)O. The largest absolute Gasteiger partial charge is 0.481 e. The van der Waals surface area contributed by atoms with E-state index >= 15 is 4.39 Å². The Hall–Kier alpha value is -5.38. The molecule has 1 aromatic heterocycles. The summed E-state index contributed by atoms with van der Waals surface area (Å²) < 4.78 is 53.7. The van der Waals surface area contributed by atoms with Crippen molar-refractivity contribution in [3.8, 4) is 11.1 Å². The van der Waals surface area contributed by atoms with E-state index in [9.17, 15) is 43.1 Å². The second-order valence-corrected chi connectivity index (χ2v) is 19.6. The van der Waals surface area contributed by atoms with Crippen LogP contribution in [0, 0.1) is 23.0 Å². The summed E-state index contributed by atoms with van der Waals surface area (Å²) in [5, 5.41) is 20.2. The molecule has 0 aliphatic heterocycles. The number of benzene rings is 2. The summed E-state index contributed by atoms with van der Waals surface area (Å²) in [5.74, 6) is -5.32. The van der Waals surface area contributed by atoms with Crippen LogP contribution in [0.25, 0.3) is 11.1 Å². The van der Waals surface area contributed by atoms with E-state index in [4.69, 9.17) is 29.8 Å². The van der Waals surface area contributed by atoms with Crippen molar-refractivity contribution in [2.75, 3.05) is 84.0 Å². The number of hydrogen-bond donors (Lipinski definition) is 4. The van der Waals surface area contributed by atoms with Gasteiger partial charge in [0.05, 0.1) is 71.0 Å². The molecule has 0 bridgehead atoms. The Morgan fingerprint density at radius 1 is 0.740 bits per heavy atom. The van der Waals surface area contributed by atoms with Gasteiger partial charge in [0.1, 0.15) is 23.2 Å². The number of carbonyl (C=O) groups excluding carboxylic acids is 5. The number of carboxylic acid groups (broad SMARTS) is 2. The molecule has 3 rings (SSSR count). The van der Waals surface area contributed by atoms with Gasteiger partial charge in [-0.25, -0.2) is 8.78 Å². The molecule has 0 spiro atoms. The lowest BCUT2D eigenvalue weighted by Gasteiger charge is -2.41. The molecular formula is C53H74F2N4O13S. The monoisotopic (exact) mass is 1040 g/mol. The van der Waals surface area contributed by atoms with Crippen molar-refractivity contribution >= 4 is 52.9 Å². The first kappa shape index (κ1) is 61.9. The van der Waals surface area contributed by atoms with Crippen LogP contribution in [0.2, 0.25) is 0 Å². The first-order valence-corrected chi connectivity index (χ1v) is 25.9. The maximum Gasteiger partial charge on any atom is 0.303 e. The Morgan fingerprint density at radius 3 is 2.01 bits per heavy atom. The molecule has 3 aromatic rings. The fraction of sp³-hybridized carbons (Fsp3) is 0.566. The molecule has 0 saturated heterocycles. The summed E-state index contributed by atoms with van der Waals surface area (Å²) in [4.78, 5) is 88.0. The van der Waals surface area contributed by atoms with Gasteiger partial charge in [-0.3, -0.25) is 33.6 Å². The highest BCUT2D eigenvalue weighted by molar-refractivity contribution is 7.99. The standard InChI is InChI=1S/C53H74F2N4O13S/c1-53(2,3)52(46-31-39(44-32-41(54)15-16-45(44)55)35-58(46)34-38-10-5-4-6-11-38)59(21-9-20-56)49(64)37-73-36-40(47(62)13-7-14-50(65)66)30-42(60)19-23-70-25-27-72-29-28-71-26-24-69-22-8-12-43(61)33-57-48(63)17-18-51(67)68/h4-6,10-11,15-16,31-32,35,40,52H,7-9,12-14,17-30,33-34,36-37,56H2,1-3H3,(H,57,63)(H,65,66)(H,67,68)/t40-,52-/m0/s1. The lowest BCUT2D eigenvalue weighted by atomic mass is 9.83. The lowest BCUT2D eigenvalue weighted by Crippen LogP contribution is -2.44. The van der Waals surface area contributed by atoms with Gasteiger partial charge in [-0.05, 0) is 61.1 Å². The maximum absolute atomic E-state index is 15.2. The van der Waals surface area contributed by atoms with Gasteiger partial charge in [-0.1, -0.05) is 51.1 Å². The Bertz CT molecular complexity index is 2200. The third kappa shape index (κ3) is 24.9. The average molecular weight is 1050 g/mol. The van der Waals surface area contributed by atoms with Crippen LogP contribution in [0.3, 0.4) is 0 Å². The molecule has 20 heteroatoms. The smallest absolute Gasteiger partial charge is 0.303 e. The number of Topliss-reactive ketones (excluding diaryl/α,β-unsaturated/α-hetero) is 3. The van der Waals surface area contributed by atoms with Crippen LogP contribution in [0.5, 0.6) is 0 Å². The Morgan fingerprint density at radius 2 is 1.38 bits per heavy atom. The second kappa shape index (κ2) is 34.2. The first-order valence-electron chi connectivity index (χ1n) is 24.7. The minimum absolute atomic E-state index is 0.0310. The molecule has 0 aliphatic rings. The predicted octanol–water partition coefficient (Wildman–Crippen LogP) is 6.67. The summed E-state index contributed by atoms with van der Waals surface area (Å²) in [7, 11) is 0. The van der Waals surface area contributed by atoms with Crippen molar-refractivity contribution < 1.29 is 71.5 Å². The van der Waals surface area contributed by atoms with Crippen molar-refractivity contribution in [2.24, 2.45) is 17.1 Å². The van der Waals surface area contributed by atoms with Gasteiger partial charge in [0, 0.05) is 92.9 Å². The van der Waals surface area contributed by atoms with Gasteiger partial charge < -0.3 is 49.7 Å². The number of nitrogens with two attached hydrogens (primary N) is 1. The van der Waals surface area contributed by atoms with Crippen LogP contribution in [-0.4, -0.2) is 145 Å². The lowest BCUT2D eigenvalue weighted by molar-refractivity contribution is -0.139. The van der Waals surface area contributed by atoms with Crippen molar-refractivity contribution in [2.45, 2.75) is 97.6 Å². The number of carboxylic acids is 2. The summed E-state index contributed by atoms with van der Waals surface area (Å²) in [6, 6.07) is 14.2. The zero-order valence-corrected chi connectivity index (χ0v) is 43.2. The van der Waals surface area contributed by atoms with Crippen molar-refractivity contribution in [3.05, 3.63) is 83.7 Å². The number of ether oxygens (including phenoxy) is 4. The van der Waals surface area contributed by atoms with Crippen LogP contribution >= 0.6 is 11.8 Å². The molecule has 1 heterocycles. The fourth-order valence-electron chi connectivity index (χ4n) is 7.82. The minimum Gasteiger partial charge on any atom is -0.481 e. The number of amides is 2. The van der Waals surface area contributed by atoms with Crippen LogP contribution < -0.4 is 11.1 Å². The normalized spacial score (nSPS) is 12.3. The number of hydrogen-bond acceptors (Lipinski definition) is 13. The number of halogens is 2. The summed E-state index contributed by atoms with van der Waals surface area (Å²) in [6.07, 6.45) is 2.28. The number of carbonyl (C=O) groups is 7. The number of ketones is 3. The Balaban J connectivity index is 1.51. The topological polar surface area (TPSA) is 243 Å². The molecule has 0 aliphatic carbocycles. The molecular weight excluding hydrogens is 971 g/mol. The van der Waals surface area contributed by atoms with E-state index in [-0.39, 0.29) is 118 Å². The van der Waals surface area contributed by atoms with Crippen LogP contribution in [0.4, 0.5) is 8.78 Å². The number of aromatic nitrogens is 1. The van der Waals surface area contributed by atoms with Gasteiger partial charge in [-0.2, -0.15) is 11.8 Å². The molecule has 0 fully saturated rings. The zero-order chi connectivity index (χ0) is 53.6. The fourth-order valence-corrected chi connectivity index (χ4v) is 8.86. The number of aliphatic carboxylic acids is 2. The number of nitrogens with zero attached hydrogens (tertiary/aromatic N) is 2. The maximum atomic E-state index is 15.2. The molecule has 0 saturated carbocycles. The second-order valence-electron chi connectivity index (χ2n) is 18.6. The Labute approximate surface area is 431 Å². The summed E-state index contributed by atoms with van der Waals surface area (Å²) in [5.41, 5.74) is 7.65. The van der Waals surface area contributed by atoms with Gasteiger partial charge in [0.2, 0.25) is 11.8 Å².